The van der Waals surface area contributed by atoms with Gasteiger partial charge >= 0.3 is 0 Å². The van der Waals surface area contributed by atoms with Crippen LogP contribution in [0.4, 0.5) is 0 Å². The lowest BCUT2D eigenvalue weighted by Gasteiger charge is -2.37. The smallest absolute Gasteiger partial charge is 0.140 e. The van der Waals surface area contributed by atoms with Gasteiger partial charge in [-0.15, -0.1) is 0 Å². The molecule has 1 fully saturated rings. The quantitative estimate of drug-likeness (QED) is 0.877. The molecule has 108 valence electrons. The maximum atomic E-state index is 10.5. The van der Waals surface area contributed by atoms with Crippen LogP contribution in [0.1, 0.15) is 39.1 Å². The van der Waals surface area contributed by atoms with Crippen LogP contribution in [0.25, 0.3) is 0 Å². The Morgan fingerprint density at radius 3 is 3.00 bits per heavy atom. The van der Waals surface area contributed by atoms with Gasteiger partial charge in [0.1, 0.15) is 18.0 Å². The van der Waals surface area contributed by atoms with Gasteiger partial charge in [0.25, 0.3) is 0 Å². The largest absolute Gasteiger partial charge is 0.382 e. The lowest BCUT2D eigenvalue weighted by Crippen LogP contribution is -2.48. The molecule has 0 spiro atoms. The van der Waals surface area contributed by atoms with Gasteiger partial charge in [-0.1, -0.05) is 6.92 Å². The molecule has 0 bridgehead atoms. The van der Waals surface area contributed by atoms with Crippen LogP contribution < -0.4 is 0 Å². The molecule has 1 aliphatic rings. The van der Waals surface area contributed by atoms with Crippen molar-refractivity contribution in [3.05, 3.63) is 18.2 Å². The Hall–Kier alpha value is -0.910. The molecular formula is C14H25N3O2. The van der Waals surface area contributed by atoms with Crippen molar-refractivity contribution in [3.8, 4) is 0 Å². The van der Waals surface area contributed by atoms with Crippen molar-refractivity contribution in [2.75, 3.05) is 19.7 Å². The van der Waals surface area contributed by atoms with E-state index < -0.39 is 6.10 Å². The fraction of sp³-hybridized carbons (Fsp3) is 0.786. The van der Waals surface area contributed by atoms with Crippen LogP contribution in [0.3, 0.4) is 0 Å². The topological polar surface area (TPSA) is 50.5 Å². The molecule has 1 aliphatic heterocycles. The van der Waals surface area contributed by atoms with E-state index in [1.807, 2.05) is 10.8 Å². The van der Waals surface area contributed by atoms with E-state index in [-0.39, 0.29) is 6.10 Å². The molecule has 1 saturated heterocycles. The number of ether oxygens (including phenoxy) is 1. The summed E-state index contributed by atoms with van der Waals surface area (Å²) in [5.74, 6) is 0.720. The summed E-state index contributed by atoms with van der Waals surface area (Å²) >= 11 is 0. The molecule has 0 amide bonds. The Balaban J connectivity index is 2.05. The highest BCUT2D eigenvalue weighted by molar-refractivity contribution is 5.00. The number of imidazole rings is 1. The third-order valence-corrected chi connectivity index (χ3v) is 3.68. The fourth-order valence-corrected chi connectivity index (χ4v) is 2.54. The predicted octanol–water partition coefficient (Wildman–Crippen LogP) is 1.44. The molecule has 19 heavy (non-hydrogen) atoms. The first-order chi connectivity index (χ1) is 9.13. The van der Waals surface area contributed by atoms with E-state index in [9.17, 15) is 5.11 Å². The van der Waals surface area contributed by atoms with E-state index in [4.69, 9.17) is 4.74 Å². The standard InChI is InChI=1S/C14H25N3O2/c1-4-6-16-7-5-15-14(16)13(18)12-10-17(11(2)3)8-9-19-12/h5,7,11-13,18H,4,6,8-10H2,1-3H3. The number of hydrogen-bond acceptors (Lipinski definition) is 4. The Morgan fingerprint density at radius 2 is 2.32 bits per heavy atom. The summed E-state index contributed by atoms with van der Waals surface area (Å²) < 4.78 is 7.75. The van der Waals surface area contributed by atoms with E-state index >= 15 is 0 Å². The third kappa shape index (κ3) is 3.35. The second-order valence-corrected chi connectivity index (χ2v) is 5.42. The molecule has 1 N–H and O–H groups in total. The van der Waals surface area contributed by atoms with Crippen molar-refractivity contribution in [1.82, 2.24) is 14.5 Å². The zero-order valence-corrected chi connectivity index (χ0v) is 12.1. The van der Waals surface area contributed by atoms with E-state index in [0.717, 1.165) is 31.9 Å². The highest BCUT2D eigenvalue weighted by Gasteiger charge is 2.31. The molecule has 5 nitrogen and oxygen atoms in total. The molecule has 1 aromatic rings. The van der Waals surface area contributed by atoms with Crippen molar-refractivity contribution in [2.45, 2.75) is 52.0 Å². The molecule has 1 aromatic heterocycles. The lowest BCUT2D eigenvalue weighted by atomic mass is 10.1. The van der Waals surface area contributed by atoms with Crippen LogP contribution in [0.15, 0.2) is 12.4 Å². The molecule has 2 atom stereocenters. The zero-order chi connectivity index (χ0) is 13.8. The average molecular weight is 267 g/mol. The summed E-state index contributed by atoms with van der Waals surface area (Å²) in [5, 5.41) is 10.5. The van der Waals surface area contributed by atoms with E-state index in [1.165, 1.54) is 0 Å². The van der Waals surface area contributed by atoms with Gasteiger partial charge in [0, 0.05) is 38.1 Å². The number of aryl methyl sites for hydroxylation is 1. The molecule has 0 radical (unpaired) electrons. The first-order valence-corrected chi connectivity index (χ1v) is 7.18. The molecule has 0 aromatic carbocycles. The van der Waals surface area contributed by atoms with E-state index in [1.54, 1.807) is 6.20 Å². The van der Waals surface area contributed by atoms with Crippen molar-refractivity contribution < 1.29 is 9.84 Å². The van der Waals surface area contributed by atoms with Crippen molar-refractivity contribution in [1.29, 1.82) is 0 Å². The molecule has 2 rings (SSSR count). The average Bonchev–Trinajstić information content (AvgIpc) is 2.86. The van der Waals surface area contributed by atoms with Crippen LogP contribution in [0.2, 0.25) is 0 Å². The summed E-state index contributed by atoms with van der Waals surface area (Å²) in [6.45, 7) is 9.72. The van der Waals surface area contributed by atoms with Crippen LogP contribution in [-0.2, 0) is 11.3 Å². The number of morpholine rings is 1. The highest BCUT2D eigenvalue weighted by Crippen LogP contribution is 2.22. The van der Waals surface area contributed by atoms with Gasteiger partial charge < -0.3 is 14.4 Å². The number of aliphatic hydroxyl groups excluding tert-OH is 1. The van der Waals surface area contributed by atoms with Gasteiger partial charge in [0.15, 0.2) is 0 Å². The van der Waals surface area contributed by atoms with Crippen molar-refractivity contribution in [3.63, 3.8) is 0 Å². The van der Waals surface area contributed by atoms with Gasteiger partial charge in [0.2, 0.25) is 0 Å². The Bertz CT molecular complexity index is 392. The summed E-state index contributed by atoms with van der Waals surface area (Å²) in [6, 6.07) is 0.481. The fourth-order valence-electron chi connectivity index (χ4n) is 2.54. The lowest BCUT2D eigenvalue weighted by molar-refractivity contribution is -0.0992. The van der Waals surface area contributed by atoms with Crippen molar-refractivity contribution in [2.24, 2.45) is 0 Å². The summed E-state index contributed by atoms with van der Waals surface area (Å²) in [4.78, 5) is 6.63. The Morgan fingerprint density at radius 1 is 1.53 bits per heavy atom. The monoisotopic (exact) mass is 267 g/mol. The second kappa shape index (κ2) is 6.50. The van der Waals surface area contributed by atoms with Gasteiger partial charge in [-0.25, -0.2) is 4.98 Å². The zero-order valence-electron chi connectivity index (χ0n) is 12.1. The Kier molecular flexibility index (Phi) is 4.96. The van der Waals surface area contributed by atoms with E-state index in [2.05, 4.69) is 30.7 Å². The van der Waals surface area contributed by atoms with Crippen LogP contribution in [-0.4, -0.2) is 51.4 Å². The van der Waals surface area contributed by atoms with Gasteiger partial charge in [-0.2, -0.15) is 0 Å². The van der Waals surface area contributed by atoms with Crippen LogP contribution >= 0.6 is 0 Å². The summed E-state index contributed by atoms with van der Waals surface area (Å²) in [6.07, 6.45) is 3.86. The molecule has 0 saturated carbocycles. The molecule has 0 aliphatic carbocycles. The molecule has 5 heteroatoms. The van der Waals surface area contributed by atoms with Crippen molar-refractivity contribution >= 4 is 0 Å². The molecule has 2 heterocycles. The van der Waals surface area contributed by atoms with Crippen LogP contribution in [0.5, 0.6) is 0 Å². The number of nitrogens with zero attached hydrogens (tertiary/aromatic N) is 3. The number of aromatic nitrogens is 2. The normalized spacial score (nSPS) is 22.9. The van der Waals surface area contributed by atoms with Gasteiger partial charge in [-0.05, 0) is 20.3 Å². The predicted molar refractivity (Wildman–Crippen MR) is 73.9 cm³/mol. The third-order valence-electron chi connectivity index (χ3n) is 3.68. The molecular weight excluding hydrogens is 242 g/mol. The minimum absolute atomic E-state index is 0.186. The number of rotatable bonds is 5. The van der Waals surface area contributed by atoms with Gasteiger partial charge in [0.05, 0.1) is 6.61 Å². The number of hydrogen-bond donors (Lipinski definition) is 1. The van der Waals surface area contributed by atoms with Gasteiger partial charge in [-0.3, -0.25) is 4.90 Å². The minimum atomic E-state index is -0.650. The maximum Gasteiger partial charge on any atom is 0.140 e. The second-order valence-electron chi connectivity index (χ2n) is 5.42. The molecule has 2 unspecified atom stereocenters. The van der Waals surface area contributed by atoms with E-state index in [0.29, 0.717) is 12.6 Å². The van der Waals surface area contributed by atoms with Crippen LogP contribution in [0, 0.1) is 0 Å². The maximum absolute atomic E-state index is 10.5. The summed E-state index contributed by atoms with van der Waals surface area (Å²) in [7, 11) is 0. The Labute approximate surface area is 115 Å². The summed E-state index contributed by atoms with van der Waals surface area (Å²) in [5.41, 5.74) is 0. The number of aliphatic hydroxyl groups is 1. The SMILES string of the molecule is CCCn1ccnc1C(O)C1CN(C(C)C)CCO1. The first kappa shape index (κ1) is 14.5. The highest BCUT2D eigenvalue weighted by atomic mass is 16.5. The minimum Gasteiger partial charge on any atom is -0.382 e. The first-order valence-electron chi connectivity index (χ1n) is 7.18.